The van der Waals surface area contributed by atoms with Crippen molar-refractivity contribution < 1.29 is 4.79 Å². The van der Waals surface area contributed by atoms with E-state index in [0.29, 0.717) is 18.1 Å². The van der Waals surface area contributed by atoms with Gasteiger partial charge in [0.15, 0.2) is 5.16 Å². The van der Waals surface area contributed by atoms with Gasteiger partial charge in [-0.05, 0) is 17.7 Å². The van der Waals surface area contributed by atoms with Crippen molar-refractivity contribution in [3.05, 3.63) is 65.7 Å². The van der Waals surface area contributed by atoms with Gasteiger partial charge in [-0.25, -0.2) is 0 Å². The van der Waals surface area contributed by atoms with Crippen LogP contribution in [0.25, 0.3) is 0 Å². The van der Waals surface area contributed by atoms with E-state index in [1.807, 2.05) is 37.5 Å². The molecule has 3 rings (SSSR count). The summed E-state index contributed by atoms with van der Waals surface area (Å²) in [5.41, 5.74) is 7.57. The zero-order valence-electron chi connectivity index (χ0n) is 13.4. The number of hydrogen-bond acceptors (Lipinski definition) is 4. The Morgan fingerprint density at radius 1 is 1.17 bits per heavy atom. The molecular formula is C17H19N5OS. The van der Waals surface area contributed by atoms with Crippen LogP contribution in [0.3, 0.4) is 0 Å². The van der Waals surface area contributed by atoms with Crippen LogP contribution in [-0.4, -0.2) is 31.0 Å². The van der Waals surface area contributed by atoms with Crippen molar-refractivity contribution in [2.45, 2.75) is 18.1 Å². The number of primary amides is 1. The SMILES string of the molecule is Cn1cccc1Cc1nnc(SCC(N)=O)n1Cc1ccccc1. The van der Waals surface area contributed by atoms with E-state index in [1.165, 1.54) is 11.8 Å². The molecule has 3 aromatic rings. The van der Waals surface area contributed by atoms with Crippen molar-refractivity contribution in [2.75, 3.05) is 5.75 Å². The van der Waals surface area contributed by atoms with Crippen LogP contribution < -0.4 is 5.73 Å². The standard InChI is InChI=1S/C17H19N5OS/c1-21-9-5-8-14(21)10-16-19-20-17(24-12-15(18)23)22(16)11-13-6-3-2-4-7-13/h2-9H,10-12H2,1H3,(H2,18,23). The number of nitrogens with two attached hydrogens (primary N) is 1. The summed E-state index contributed by atoms with van der Waals surface area (Å²) in [6.45, 7) is 0.661. The minimum atomic E-state index is -0.363. The van der Waals surface area contributed by atoms with Gasteiger partial charge in [-0.1, -0.05) is 42.1 Å². The summed E-state index contributed by atoms with van der Waals surface area (Å²) < 4.78 is 4.12. The number of carbonyl (C=O) groups is 1. The quantitative estimate of drug-likeness (QED) is 0.665. The predicted octanol–water partition coefficient (Wildman–Crippen LogP) is 1.83. The summed E-state index contributed by atoms with van der Waals surface area (Å²) in [6.07, 6.45) is 2.69. The Bertz CT molecular complexity index is 825. The van der Waals surface area contributed by atoms with E-state index in [-0.39, 0.29) is 11.7 Å². The van der Waals surface area contributed by atoms with Crippen molar-refractivity contribution in [1.29, 1.82) is 0 Å². The number of carbonyl (C=O) groups excluding carboxylic acids is 1. The van der Waals surface area contributed by atoms with Crippen molar-refractivity contribution >= 4 is 17.7 Å². The Morgan fingerprint density at radius 3 is 2.62 bits per heavy atom. The molecule has 0 unspecified atom stereocenters. The van der Waals surface area contributed by atoms with Gasteiger partial charge in [0.05, 0.1) is 12.3 Å². The lowest BCUT2D eigenvalue weighted by molar-refractivity contribution is -0.115. The number of aromatic nitrogens is 4. The van der Waals surface area contributed by atoms with Crippen molar-refractivity contribution in [2.24, 2.45) is 12.8 Å². The second kappa shape index (κ2) is 7.35. The van der Waals surface area contributed by atoms with Crippen LogP contribution in [0.4, 0.5) is 0 Å². The topological polar surface area (TPSA) is 78.7 Å². The number of rotatable bonds is 7. The molecule has 124 valence electrons. The minimum absolute atomic E-state index is 0.192. The van der Waals surface area contributed by atoms with Crippen LogP contribution in [0, 0.1) is 0 Å². The molecular weight excluding hydrogens is 322 g/mol. The highest BCUT2D eigenvalue weighted by molar-refractivity contribution is 7.99. The van der Waals surface area contributed by atoms with Crippen LogP contribution in [0.2, 0.25) is 0 Å². The van der Waals surface area contributed by atoms with Crippen LogP contribution in [-0.2, 0) is 24.8 Å². The zero-order chi connectivity index (χ0) is 16.9. The molecule has 1 aromatic carbocycles. The van der Waals surface area contributed by atoms with E-state index >= 15 is 0 Å². The number of aryl methyl sites for hydroxylation is 1. The van der Waals surface area contributed by atoms with Gasteiger partial charge in [0.2, 0.25) is 5.91 Å². The van der Waals surface area contributed by atoms with Gasteiger partial charge in [0.1, 0.15) is 5.82 Å². The lowest BCUT2D eigenvalue weighted by Crippen LogP contribution is -2.14. The molecule has 0 radical (unpaired) electrons. The molecule has 1 amide bonds. The van der Waals surface area contributed by atoms with Crippen molar-refractivity contribution in [1.82, 2.24) is 19.3 Å². The van der Waals surface area contributed by atoms with Gasteiger partial charge < -0.3 is 14.9 Å². The highest BCUT2D eigenvalue weighted by atomic mass is 32.2. The Morgan fingerprint density at radius 2 is 1.96 bits per heavy atom. The predicted molar refractivity (Wildman–Crippen MR) is 93.7 cm³/mol. The normalized spacial score (nSPS) is 10.9. The molecule has 0 atom stereocenters. The largest absolute Gasteiger partial charge is 0.369 e. The number of amides is 1. The number of hydrogen-bond donors (Lipinski definition) is 1. The Hall–Kier alpha value is -2.54. The van der Waals surface area contributed by atoms with Crippen LogP contribution >= 0.6 is 11.8 Å². The molecule has 24 heavy (non-hydrogen) atoms. The molecule has 7 heteroatoms. The highest BCUT2D eigenvalue weighted by Crippen LogP contribution is 2.20. The number of thioether (sulfide) groups is 1. The van der Waals surface area contributed by atoms with E-state index in [2.05, 4.69) is 37.5 Å². The lowest BCUT2D eigenvalue weighted by atomic mass is 10.2. The molecule has 0 spiro atoms. The molecule has 0 aliphatic carbocycles. The van der Waals surface area contributed by atoms with Gasteiger partial charge in [-0.2, -0.15) is 0 Å². The van der Waals surface area contributed by atoms with Gasteiger partial charge in [-0.15, -0.1) is 10.2 Å². The first-order valence-corrected chi connectivity index (χ1v) is 8.59. The van der Waals surface area contributed by atoms with Crippen LogP contribution in [0.15, 0.2) is 53.8 Å². The first-order valence-electron chi connectivity index (χ1n) is 7.61. The molecule has 0 aliphatic heterocycles. The second-order valence-corrected chi connectivity index (χ2v) is 6.46. The van der Waals surface area contributed by atoms with E-state index in [0.717, 1.165) is 17.1 Å². The molecule has 2 N–H and O–H groups in total. The van der Waals surface area contributed by atoms with Gasteiger partial charge in [-0.3, -0.25) is 4.79 Å². The average Bonchev–Trinajstić information content (AvgIpc) is 3.14. The average molecular weight is 341 g/mol. The summed E-state index contributed by atoms with van der Waals surface area (Å²) in [5.74, 6) is 0.697. The minimum Gasteiger partial charge on any atom is -0.369 e. The maximum atomic E-state index is 11.1. The number of benzene rings is 1. The summed E-state index contributed by atoms with van der Waals surface area (Å²) in [5, 5.41) is 9.30. The van der Waals surface area contributed by atoms with Gasteiger partial charge >= 0.3 is 0 Å². The van der Waals surface area contributed by atoms with Crippen molar-refractivity contribution in [3.8, 4) is 0 Å². The third kappa shape index (κ3) is 3.86. The maximum Gasteiger partial charge on any atom is 0.227 e. The third-order valence-corrected chi connectivity index (χ3v) is 4.70. The molecule has 0 saturated carbocycles. The first kappa shape index (κ1) is 16.3. The molecule has 2 aromatic heterocycles. The number of nitrogens with zero attached hydrogens (tertiary/aromatic N) is 4. The third-order valence-electron chi connectivity index (χ3n) is 3.71. The Labute approximate surface area is 144 Å². The molecule has 0 saturated heterocycles. The first-order chi connectivity index (χ1) is 11.6. The van der Waals surface area contributed by atoms with E-state index in [1.54, 1.807) is 0 Å². The lowest BCUT2D eigenvalue weighted by Gasteiger charge is -2.10. The van der Waals surface area contributed by atoms with Gasteiger partial charge in [0.25, 0.3) is 0 Å². The fourth-order valence-electron chi connectivity index (χ4n) is 2.46. The van der Waals surface area contributed by atoms with E-state index < -0.39 is 0 Å². The van der Waals surface area contributed by atoms with Crippen LogP contribution in [0.5, 0.6) is 0 Å². The fraction of sp³-hybridized carbons (Fsp3) is 0.235. The monoisotopic (exact) mass is 341 g/mol. The Balaban J connectivity index is 1.89. The zero-order valence-corrected chi connectivity index (χ0v) is 14.2. The molecule has 6 nitrogen and oxygen atoms in total. The van der Waals surface area contributed by atoms with E-state index in [9.17, 15) is 4.79 Å². The summed E-state index contributed by atoms with van der Waals surface area (Å²) in [6, 6.07) is 14.2. The fourth-order valence-corrected chi connectivity index (χ4v) is 3.15. The van der Waals surface area contributed by atoms with E-state index in [4.69, 9.17) is 5.73 Å². The summed E-state index contributed by atoms with van der Waals surface area (Å²) in [4.78, 5) is 11.1. The molecule has 0 fully saturated rings. The molecule has 0 bridgehead atoms. The van der Waals surface area contributed by atoms with Crippen molar-refractivity contribution in [3.63, 3.8) is 0 Å². The van der Waals surface area contributed by atoms with Crippen LogP contribution in [0.1, 0.15) is 17.1 Å². The maximum absolute atomic E-state index is 11.1. The summed E-state index contributed by atoms with van der Waals surface area (Å²) in [7, 11) is 2.01. The highest BCUT2D eigenvalue weighted by Gasteiger charge is 2.15. The molecule has 0 aliphatic rings. The molecule has 2 heterocycles. The smallest absolute Gasteiger partial charge is 0.227 e. The van der Waals surface area contributed by atoms with Gasteiger partial charge in [0, 0.05) is 25.4 Å². The summed E-state index contributed by atoms with van der Waals surface area (Å²) >= 11 is 1.32. The Kier molecular flexibility index (Phi) is 5.00. The second-order valence-electron chi connectivity index (χ2n) is 5.51.